The van der Waals surface area contributed by atoms with Crippen molar-refractivity contribution in [3.8, 4) is 0 Å². The van der Waals surface area contributed by atoms with Gasteiger partial charge in [0.15, 0.2) is 0 Å². The first-order valence-corrected chi connectivity index (χ1v) is 6.47. The van der Waals surface area contributed by atoms with Crippen molar-refractivity contribution in [2.45, 2.75) is 31.8 Å². The molecule has 0 radical (unpaired) electrons. The highest BCUT2D eigenvalue weighted by atomic mass is 15.1. The SMILES string of the molecule is C[C@H]([NH2+]C1CC[NH+](C)CC1)c1ccccc1. The van der Waals surface area contributed by atoms with Gasteiger partial charge in [-0.15, -0.1) is 0 Å². The molecule has 0 aliphatic carbocycles. The van der Waals surface area contributed by atoms with Crippen LogP contribution in [0.2, 0.25) is 0 Å². The predicted molar refractivity (Wildman–Crippen MR) is 66.4 cm³/mol. The molecule has 1 fully saturated rings. The predicted octanol–water partition coefficient (Wildman–Crippen LogP) is -0.0119. The number of benzene rings is 1. The van der Waals surface area contributed by atoms with Crippen molar-refractivity contribution in [1.82, 2.24) is 0 Å². The van der Waals surface area contributed by atoms with E-state index in [2.05, 4.69) is 49.6 Å². The van der Waals surface area contributed by atoms with E-state index in [1.54, 1.807) is 4.90 Å². The normalized spacial score (nSPS) is 27.6. The lowest BCUT2D eigenvalue weighted by atomic mass is 10.0. The van der Waals surface area contributed by atoms with E-state index in [9.17, 15) is 0 Å². The van der Waals surface area contributed by atoms with Crippen molar-refractivity contribution in [2.24, 2.45) is 0 Å². The fourth-order valence-corrected chi connectivity index (χ4v) is 2.60. The van der Waals surface area contributed by atoms with Crippen LogP contribution < -0.4 is 10.2 Å². The minimum absolute atomic E-state index is 0.601. The molecule has 1 heterocycles. The highest BCUT2D eigenvalue weighted by Gasteiger charge is 2.24. The molecule has 1 aliphatic rings. The Bertz CT molecular complexity index is 302. The average molecular weight is 220 g/mol. The third kappa shape index (κ3) is 3.06. The van der Waals surface area contributed by atoms with Gasteiger partial charge in [0.25, 0.3) is 0 Å². The summed E-state index contributed by atoms with van der Waals surface area (Å²) in [6.07, 6.45) is 2.73. The molecule has 1 aliphatic heterocycles. The van der Waals surface area contributed by atoms with Gasteiger partial charge in [-0.1, -0.05) is 30.3 Å². The van der Waals surface area contributed by atoms with E-state index in [4.69, 9.17) is 0 Å². The maximum atomic E-state index is 2.56. The smallest absolute Gasteiger partial charge is 0.109 e. The molecule has 0 aromatic heterocycles. The summed E-state index contributed by atoms with van der Waals surface area (Å²) in [5.74, 6) is 0. The minimum Gasteiger partial charge on any atom is -0.337 e. The van der Waals surface area contributed by atoms with Crippen LogP contribution in [0.4, 0.5) is 0 Å². The van der Waals surface area contributed by atoms with Gasteiger partial charge in [-0.05, 0) is 6.92 Å². The maximum Gasteiger partial charge on any atom is 0.109 e. The summed E-state index contributed by atoms with van der Waals surface area (Å²) in [5, 5.41) is 2.56. The van der Waals surface area contributed by atoms with Gasteiger partial charge in [0.05, 0.1) is 26.2 Å². The molecule has 88 valence electrons. The highest BCUT2D eigenvalue weighted by molar-refractivity contribution is 5.16. The second-order valence-electron chi connectivity index (χ2n) is 5.19. The van der Waals surface area contributed by atoms with Crippen molar-refractivity contribution in [3.63, 3.8) is 0 Å². The van der Waals surface area contributed by atoms with Crippen molar-refractivity contribution in [2.75, 3.05) is 20.1 Å². The molecule has 0 unspecified atom stereocenters. The molecule has 1 atom stereocenters. The van der Waals surface area contributed by atoms with Gasteiger partial charge in [-0.3, -0.25) is 0 Å². The highest BCUT2D eigenvalue weighted by Crippen LogP contribution is 2.07. The number of nitrogens with two attached hydrogens (primary N) is 1. The number of nitrogens with one attached hydrogen (secondary N) is 1. The standard InChI is InChI=1S/C14H22N2/c1-12(13-6-4-3-5-7-13)15-14-8-10-16(2)11-9-14/h3-7,12,14-15H,8-11H2,1-2H3/p+2/t12-/m0/s1. The molecule has 1 aromatic carbocycles. The van der Waals surface area contributed by atoms with Crippen molar-refractivity contribution >= 4 is 0 Å². The number of hydrogen-bond donors (Lipinski definition) is 2. The fourth-order valence-electron chi connectivity index (χ4n) is 2.60. The number of rotatable bonds is 3. The molecule has 2 heteroatoms. The molecule has 0 amide bonds. The van der Waals surface area contributed by atoms with Crippen LogP contribution in [-0.2, 0) is 0 Å². The van der Waals surface area contributed by atoms with Crippen molar-refractivity contribution < 1.29 is 10.2 Å². The quantitative estimate of drug-likeness (QED) is 0.715. The molecule has 16 heavy (non-hydrogen) atoms. The molecule has 1 aromatic rings. The zero-order valence-corrected chi connectivity index (χ0v) is 10.4. The van der Waals surface area contributed by atoms with Crippen LogP contribution in [0.25, 0.3) is 0 Å². The summed E-state index contributed by atoms with van der Waals surface area (Å²) < 4.78 is 0. The zero-order chi connectivity index (χ0) is 11.4. The molecular formula is C14H24N2+2. The Labute approximate surface area is 98.7 Å². The first-order chi connectivity index (χ1) is 7.75. The summed E-state index contributed by atoms with van der Waals surface area (Å²) in [6.45, 7) is 4.99. The molecule has 0 spiro atoms. The summed E-state index contributed by atoms with van der Waals surface area (Å²) in [6, 6.07) is 12.3. The Balaban J connectivity index is 1.86. The number of quaternary nitrogens is 2. The van der Waals surface area contributed by atoms with E-state index >= 15 is 0 Å². The lowest BCUT2D eigenvalue weighted by Gasteiger charge is -2.27. The number of piperidine rings is 1. The third-order valence-electron chi connectivity index (χ3n) is 3.77. The topological polar surface area (TPSA) is 21.1 Å². The summed E-state index contributed by atoms with van der Waals surface area (Å²) in [7, 11) is 2.30. The van der Waals surface area contributed by atoms with Crippen LogP contribution in [0, 0.1) is 0 Å². The molecule has 0 bridgehead atoms. The van der Waals surface area contributed by atoms with Gasteiger partial charge in [0, 0.05) is 18.4 Å². The minimum atomic E-state index is 0.601. The van der Waals surface area contributed by atoms with E-state index < -0.39 is 0 Å². The Morgan fingerprint density at radius 3 is 2.44 bits per heavy atom. The third-order valence-corrected chi connectivity index (χ3v) is 3.77. The van der Waals surface area contributed by atoms with E-state index in [-0.39, 0.29) is 0 Å². The lowest BCUT2D eigenvalue weighted by molar-refractivity contribution is -0.895. The van der Waals surface area contributed by atoms with Crippen molar-refractivity contribution in [3.05, 3.63) is 35.9 Å². The van der Waals surface area contributed by atoms with Gasteiger partial charge in [-0.25, -0.2) is 0 Å². The molecule has 2 nitrogen and oxygen atoms in total. The lowest BCUT2D eigenvalue weighted by Crippen LogP contribution is -3.12. The van der Waals surface area contributed by atoms with E-state index in [1.807, 2.05) is 0 Å². The maximum absolute atomic E-state index is 2.56. The fraction of sp³-hybridized carbons (Fsp3) is 0.571. The van der Waals surface area contributed by atoms with E-state index in [0.29, 0.717) is 6.04 Å². The molecule has 2 rings (SSSR count). The van der Waals surface area contributed by atoms with Gasteiger partial charge in [0.1, 0.15) is 6.04 Å². The Hall–Kier alpha value is -0.860. The Morgan fingerprint density at radius 1 is 1.19 bits per heavy atom. The van der Waals surface area contributed by atoms with Crippen LogP contribution in [0.15, 0.2) is 30.3 Å². The summed E-state index contributed by atoms with van der Waals surface area (Å²) in [5.41, 5.74) is 1.45. The molecule has 3 N–H and O–H groups in total. The molecular weight excluding hydrogens is 196 g/mol. The number of hydrogen-bond acceptors (Lipinski definition) is 0. The van der Waals surface area contributed by atoms with E-state index in [1.165, 1.54) is 31.5 Å². The van der Waals surface area contributed by atoms with Gasteiger partial charge >= 0.3 is 0 Å². The van der Waals surface area contributed by atoms with Crippen molar-refractivity contribution in [1.29, 1.82) is 0 Å². The van der Waals surface area contributed by atoms with Crippen LogP contribution >= 0.6 is 0 Å². The van der Waals surface area contributed by atoms with Crippen LogP contribution in [-0.4, -0.2) is 26.2 Å². The van der Waals surface area contributed by atoms with Gasteiger partial charge < -0.3 is 10.2 Å². The summed E-state index contributed by atoms with van der Waals surface area (Å²) >= 11 is 0. The Kier molecular flexibility index (Phi) is 3.97. The first kappa shape index (κ1) is 11.6. The average Bonchev–Trinajstić information content (AvgIpc) is 2.33. The zero-order valence-electron chi connectivity index (χ0n) is 10.4. The monoisotopic (exact) mass is 220 g/mol. The second-order valence-corrected chi connectivity index (χ2v) is 5.19. The summed E-state index contributed by atoms with van der Waals surface area (Å²) in [4.78, 5) is 1.69. The van der Waals surface area contributed by atoms with Gasteiger partial charge in [-0.2, -0.15) is 0 Å². The van der Waals surface area contributed by atoms with Crippen LogP contribution in [0.1, 0.15) is 31.4 Å². The van der Waals surface area contributed by atoms with Gasteiger partial charge in [0.2, 0.25) is 0 Å². The van der Waals surface area contributed by atoms with E-state index in [0.717, 1.165) is 6.04 Å². The first-order valence-electron chi connectivity index (χ1n) is 6.47. The van der Waals surface area contributed by atoms with Crippen LogP contribution in [0.3, 0.4) is 0 Å². The largest absolute Gasteiger partial charge is 0.337 e. The second kappa shape index (κ2) is 5.46. The Morgan fingerprint density at radius 2 is 1.81 bits per heavy atom. The number of likely N-dealkylation sites (tertiary alicyclic amines) is 1. The molecule has 1 saturated heterocycles. The van der Waals surface area contributed by atoms with Crippen LogP contribution in [0.5, 0.6) is 0 Å². The molecule has 0 saturated carbocycles.